The third kappa shape index (κ3) is 4.51. The Morgan fingerprint density at radius 3 is 2.61 bits per heavy atom. The first-order valence-electron chi connectivity index (χ1n) is 9.72. The Morgan fingerprint density at radius 2 is 2.00 bits per heavy atom. The van der Waals surface area contributed by atoms with E-state index in [4.69, 9.17) is 4.74 Å². The van der Waals surface area contributed by atoms with Crippen LogP contribution in [0.3, 0.4) is 0 Å². The summed E-state index contributed by atoms with van der Waals surface area (Å²) in [4.78, 5) is 33.9. The molecule has 0 radical (unpaired) electrons. The van der Waals surface area contributed by atoms with Crippen molar-refractivity contribution in [3.05, 3.63) is 64.9 Å². The van der Waals surface area contributed by atoms with Gasteiger partial charge in [-0.25, -0.2) is 14.6 Å². The minimum absolute atomic E-state index is 0.112. The molecule has 2 atom stereocenters. The lowest BCUT2D eigenvalue weighted by molar-refractivity contribution is -0.384. The van der Waals surface area contributed by atoms with Crippen LogP contribution in [0.15, 0.2) is 49.2 Å². The molecule has 0 saturated carbocycles. The Kier molecular flexibility index (Phi) is 5.58. The molecule has 3 heterocycles. The fraction of sp³-hybridized carbons (Fsp3) is 0.300. The van der Waals surface area contributed by atoms with E-state index in [0.29, 0.717) is 5.69 Å². The van der Waals surface area contributed by atoms with Gasteiger partial charge in [0.15, 0.2) is 0 Å². The van der Waals surface area contributed by atoms with Gasteiger partial charge in [-0.05, 0) is 38.1 Å². The number of hydrogen-bond acceptors (Lipinski definition) is 8. The molecule has 1 aromatic carbocycles. The number of nitrogens with one attached hydrogen (secondary N) is 1. The minimum Gasteiger partial charge on any atom is -0.372 e. The van der Waals surface area contributed by atoms with Gasteiger partial charge >= 0.3 is 0 Å². The smallest absolute Gasteiger partial charge is 0.295 e. The number of anilines is 2. The zero-order valence-corrected chi connectivity index (χ0v) is 17.0. The summed E-state index contributed by atoms with van der Waals surface area (Å²) in [5.74, 6) is 0.323. The van der Waals surface area contributed by atoms with E-state index in [0.717, 1.165) is 18.9 Å². The molecule has 3 aromatic rings. The van der Waals surface area contributed by atoms with Crippen molar-refractivity contribution < 1.29 is 14.5 Å². The van der Waals surface area contributed by atoms with Crippen molar-refractivity contribution in [3.63, 3.8) is 0 Å². The van der Waals surface area contributed by atoms with Gasteiger partial charge in [-0.15, -0.1) is 0 Å². The van der Waals surface area contributed by atoms with Gasteiger partial charge in [0.2, 0.25) is 0 Å². The Labute approximate surface area is 177 Å². The molecule has 1 amide bonds. The van der Waals surface area contributed by atoms with Crippen LogP contribution in [0, 0.1) is 10.1 Å². The van der Waals surface area contributed by atoms with E-state index >= 15 is 0 Å². The zero-order valence-electron chi connectivity index (χ0n) is 17.0. The van der Waals surface area contributed by atoms with Gasteiger partial charge in [-0.2, -0.15) is 5.10 Å². The molecule has 1 N–H and O–H groups in total. The standard InChI is InChI=1S/C20H21N7O4/c1-13-9-25(10-14(2)31-13)19-6-4-16(8-22-19)24-20(28)15-3-5-17(18(7-15)27(29)30)26-12-21-11-23-26/h3-8,11-14H,9-10H2,1-2H3,(H,24,28)/t13-,14-/m0/s1. The predicted octanol–water partition coefficient (Wildman–Crippen LogP) is 2.44. The van der Waals surface area contributed by atoms with Crippen LogP contribution in [0.25, 0.3) is 5.69 Å². The van der Waals surface area contributed by atoms with Gasteiger partial charge in [0, 0.05) is 24.7 Å². The van der Waals surface area contributed by atoms with Crippen LogP contribution in [0.1, 0.15) is 24.2 Å². The minimum atomic E-state index is -0.561. The van der Waals surface area contributed by atoms with E-state index < -0.39 is 10.8 Å². The van der Waals surface area contributed by atoms with E-state index in [2.05, 4.69) is 25.3 Å². The van der Waals surface area contributed by atoms with Crippen LogP contribution >= 0.6 is 0 Å². The largest absolute Gasteiger partial charge is 0.372 e. The maximum Gasteiger partial charge on any atom is 0.295 e. The SMILES string of the molecule is C[C@H]1CN(c2ccc(NC(=O)c3ccc(-n4cncn4)c([N+](=O)[O-])c3)cn2)C[C@H](C)O1. The number of nitro benzene ring substituents is 1. The third-order valence-corrected chi connectivity index (χ3v) is 4.85. The van der Waals surface area contributed by atoms with Gasteiger partial charge in [-0.3, -0.25) is 14.9 Å². The molecule has 0 spiro atoms. The van der Waals surface area contributed by atoms with Crippen LogP contribution in [0.4, 0.5) is 17.2 Å². The molecule has 0 aliphatic carbocycles. The molecule has 1 aliphatic heterocycles. The highest BCUT2D eigenvalue weighted by atomic mass is 16.6. The van der Waals surface area contributed by atoms with Crippen molar-refractivity contribution >= 4 is 23.1 Å². The number of aromatic nitrogens is 4. The van der Waals surface area contributed by atoms with Crippen LogP contribution in [-0.4, -0.2) is 55.9 Å². The molecular formula is C20H21N7O4. The molecule has 31 heavy (non-hydrogen) atoms. The summed E-state index contributed by atoms with van der Waals surface area (Å²) in [6, 6.07) is 7.76. The molecule has 1 saturated heterocycles. The Balaban J connectivity index is 1.49. The first-order valence-corrected chi connectivity index (χ1v) is 9.72. The molecule has 0 bridgehead atoms. The quantitative estimate of drug-likeness (QED) is 0.489. The second-order valence-corrected chi connectivity index (χ2v) is 7.32. The highest BCUT2D eigenvalue weighted by Gasteiger charge is 2.23. The van der Waals surface area contributed by atoms with Gasteiger partial charge in [-0.1, -0.05) is 0 Å². The van der Waals surface area contributed by atoms with Crippen LogP contribution < -0.4 is 10.2 Å². The summed E-state index contributed by atoms with van der Waals surface area (Å²) in [5.41, 5.74) is 0.614. The number of ether oxygens (including phenoxy) is 1. The van der Waals surface area contributed by atoms with Gasteiger partial charge in [0.05, 0.1) is 29.0 Å². The summed E-state index contributed by atoms with van der Waals surface area (Å²) >= 11 is 0. The molecule has 160 valence electrons. The van der Waals surface area contributed by atoms with E-state index in [9.17, 15) is 14.9 Å². The number of morpholine rings is 1. The van der Waals surface area contributed by atoms with Crippen LogP contribution in [0.5, 0.6) is 0 Å². The van der Waals surface area contributed by atoms with Crippen LogP contribution in [-0.2, 0) is 4.74 Å². The predicted molar refractivity (Wildman–Crippen MR) is 112 cm³/mol. The highest BCUT2D eigenvalue weighted by Crippen LogP contribution is 2.24. The molecule has 2 aromatic heterocycles. The van der Waals surface area contributed by atoms with Crippen molar-refractivity contribution in [2.24, 2.45) is 0 Å². The van der Waals surface area contributed by atoms with Crippen molar-refractivity contribution in [2.45, 2.75) is 26.1 Å². The molecule has 11 heteroatoms. The van der Waals surface area contributed by atoms with Gasteiger partial charge < -0.3 is 15.0 Å². The monoisotopic (exact) mass is 423 g/mol. The number of nitrogens with zero attached hydrogens (tertiary/aromatic N) is 6. The normalized spacial score (nSPS) is 18.6. The van der Waals surface area contributed by atoms with Crippen molar-refractivity contribution in [2.75, 3.05) is 23.3 Å². The van der Waals surface area contributed by atoms with Gasteiger partial charge in [0.25, 0.3) is 11.6 Å². The summed E-state index contributed by atoms with van der Waals surface area (Å²) in [6.45, 7) is 5.52. The number of carbonyl (C=O) groups is 1. The second kappa shape index (κ2) is 8.48. The number of nitro groups is 1. The average molecular weight is 423 g/mol. The van der Waals surface area contributed by atoms with Crippen molar-refractivity contribution in [1.29, 1.82) is 0 Å². The first-order chi connectivity index (χ1) is 14.9. The number of benzene rings is 1. The molecule has 1 fully saturated rings. The van der Waals surface area contributed by atoms with E-state index in [1.54, 1.807) is 12.3 Å². The Morgan fingerprint density at radius 1 is 1.23 bits per heavy atom. The lowest BCUT2D eigenvalue weighted by Crippen LogP contribution is -2.45. The summed E-state index contributed by atoms with van der Waals surface area (Å²) in [5, 5.41) is 18.1. The molecular weight excluding hydrogens is 402 g/mol. The topological polar surface area (TPSA) is 128 Å². The first kappa shape index (κ1) is 20.4. The van der Waals surface area contributed by atoms with Gasteiger partial charge in [0.1, 0.15) is 24.2 Å². The van der Waals surface area contributed by atoms with E-state index in [-0.39, 0.29) is 29.1 Å². The molecule has 11 nitrogen and oxygen atoms in total. The third-order valence-electron chi connectivity index (χ3n) is 4.85. The Bertz CT molecular complexity index is 1080. The lowest BCUT2D eigenvalue weighted by Gasteiger charge is -2.36. The fourth-order valence-corrected chi connectivity index (χ4v) is 3.55. The number of carbonyl (C=O) groups excluding carboxylic acids is 1. The molecule has 0 unspecified atom stereocenters. The van der Waals surface area contributed by atoms with Crippen molar-refractivity contribution in [3.8, 4) is 5.69 Å². The van der Waals surface area contributed by atoms with E-state index in [1.807, 2.05) is 19.9 Å². The molecule has 1 aliphatic rings. The number of rotatable bonds is 5. The molecule has 4 rings (SSSR count). The summed E-state index contributed by atoms with van der Waals surface area (Å²) < 4.78 is 7.01. The summed E-state index contributed by atoms with van der Waals surface area (Å²) in [6.07, 6.45) is 4.42. The second-order valence-electron chi connectivity index (χ2n) is 7.32. The lowest BCUT2D eigenvalue weighted by atomic mass is 10.1. The zero-order chi connectivity index (χ0) is 22.0. The Hall–Kier alpha value is -3.86. The van der Waals surface area contributed by atoms with E-state index in [1.165, 1.54) is 35.5 Å². The fourth-order valence-electron chi connectivity index (χ4n) is 3.55. The van der Waals surface area contributed by atoms with Crippen LogP contribution in [0.2, 0.25) is 0 Å². The van der Waals surface area contributed by atoms with Crippen molar-refractivity contribution in [1.82, 2.24) is 19.7 Å². The number of pyridine rings is 1. The number of hydrogen-bond donors (Lipinski definition) is 1. The summed E-state index contributed by atoms with van der Waals surface area (Å²) in [7, 11) is 0. The number of amides is 1. The highest BCUT2D eigenvalue weighted by molar-refractivity contribution is 6.04. The maximum absolute atomic E-state index is 12.6. The maximum atomic E-state index is 12.6. The average Bonchev–Trinajstić information content (AvgIpc) is 3.28.